The van der Waals surface area contributed by atoms with Gasteiger partial charge < -0.3 is 10.2 Å². The quantitative estimate of drug-likeness (QED) is 0.830. The second-order valence-corrected chi connectivity index (χ2v) is 7.78. The number of carbonyl (C=O) groups is 2. The molecule has 1 aliphatic rings. The van der Waals surface area contributed by atoms with Gasteiger partial charge in [0.1, 0.15) is 4.90 Å². The molecule has 3 rings (SSSR count). The summed E-state index contributed by atoms with van der Waals surface area (Å²) >= 11 is 5.82. The highest BCUT2D eigenvalue weighted by atomic mass is 35.5. The lowest BCUT2D eigenvalue weighted by molar-refractivity contribution is -0.117. The molecule has 0 aliphatic carbocycles. The summed E-state index contributed by atoms with van der Waals surface area (Å²) in [5, 5.41) is 7.72. The van der Waals surface area contributed by atoms with Crippen molar-refractivity contribution in [2.24, 2.45) is 5.14 Å². The summed E-state index contributed by atoms with van der Waals surface area (Å²) in [6, 6.07) is 10.7. The lowest BCUT2D eigenvalue weighted by Gasteiger charge is -2.17. The van der Waals surface area contributed by atoms with Gasteiger partial charge in [0.15, 0.2) is 0 Å². The summed E-state index contributed by atoms with van der Waals surface area (Å²) in [5.74, 6) is -0.472. The van der Waals surface area contributed by atoms with E-state index < -0.39 is 15.9 Å². The van der Waals surface area contributed by atoms with Crippen LogP contribution in [0.4, 0.5) is 11.4 Å². The number of amides is 2. The Kier molecular flexibility index (Phi) is 4.99. The highest BCUT2D eigenvalue weighted by molar-refractivity contribution is 7.89. The van der Waals surface area contributed by atoms with Crippen molar-refractivity contribution in [3.05, 3.63) is 53.1 Å². The van der Waals surface area contributed by atoms with Crippen molar-refractivity contribution in [2.75, 3.05) is 16.8 Å². The van der Waals surface area contributed by atoms with E-state index >= 15 is 0 Å². The van der Waals surface area contributed by atoms with Crippen molar-refractivity contribution < 1.29 is 18.0 Å². The van der Waals surface area contributed by atoms with E-state index in [1.165, 1.54) is 12.1 Å². The van der Waals surface area contributed by atoms with Crippen LogP contribution in [0.15, 0.2) is 47.4 Å². The Bertz CT molecular complexity index is 991. The summed E-state index contributed by atoms with van der Waals surface area (Å²) < 4.78 is 23.1. The molecule has 2 aromatic carbocycles. The van der Waals surface area contributed by atoms with Crippen molar-refractivity contribution in [3.8, 4) is 0 Å². The molecule has 9 heteroatoms. The maximum absolute atomic E-state index is 12.4. The molecule has 26 heavy (non-hydrogen) atoms. The van der Waals surface area contributed by atoms with Crippen molar-refractivity contribution in [3.63, 3.8) is 0 Å². The lowest BCUT2D eigenvalue weighted by atomic mass is 10.2. The van der Waals surface area contributed by atoms with Crippen LogP contribution in [0, 0.1) is 0 Å². The average Bonchev–Trinajstić information content (AvgIpc) is 3.00. The molecule has 1 aliphatic heterocycles. The Morgan fingerprint density at radius 1 is 1.19 bits per heavy atom. The largest absolute Gasteiger partial charge is 0.322 e. The molecular weight excluding hydrogens is 378 g/mol. The number of benzene rings is 2. The van der Waals surface area contributed by atoms with Crippen LogP contribution in [0.25, 0.3) is 0 Å². The first-order valence-corrected chi connectivity index (χ1v) is 9.72. The van der Waals surface area contributed by atoms with Crippen LogP contribution >= 0.6 is 11.6 Å². The summed E-state index contributed by atoms with van der Waals surface area (Å²) in [5.41, 5.74) is 1.28. The predicted octanol–water partition coefficient (Wildman–Crippen LogP) is 2.37. The van der Waals surface area contributed by atoms with E-state index in [-0.39, 0.29) is 21.4 Å². The fraction of sp³-hybridized carbons (Fsp3) is 0.176. The van der Waals surface area contributed by atoms with Crippen LogP contribution in [0.3, 0.4) is 0 Å². The number of hydrogen-bond acceptors (Lipinski definition) is 4. The van der Waals surface area contributed by atoms with Gasteiger partial charge in [0.2, 0.25) is 15.9 Å². The zero-order valence-electron chi connectivity index (χ0n) is 13.6. The Morgan fingerprint density at radius 2 is 1.96 bits per heavy atom. The van der Waals surface area contributed by atoms with Crippen LogP contribution in [0.2, 0.25) is 5.02 Å². The van der Waals surface area contributed by atoms with E-state index in [0.717, 1.165) is 12.5 Å². The molecule has 1 fully saturated rings. The highest BCUT2D eigenvalue weighted by Gasteiger charge is 2.22. The molecule has 7 nitrogen and oxygen atoms in total. The molecule has 2 amide bonds. The van der Waals surface area contributed by atoms with Gasteiger partial charge in [-0.1, -0.05) is 17.7 Å². The van der Waals surface area contributed by atoms with E-state index in [1.54, 1.807) is 29.2 Å². The van der Waals surface area contributed by atoms with Crippen molar-refractivity contribution >= 4 is 44.8 Å². The monoisotopic (exact) mass is 393 g/mol. The van der Waals surface area contributed by atoms with Crippen LogP contribution < -0.4 is 15.4 Å². The fourth-order valence-corrected chi connectivity index (χ4v) is 3.81. The van der Waals surface area contributed by atoms with Gasteiger partial charge in [0.25, 0.3) is 5.91 Å². The number of nitrogens with two attached hydrogens (primary N) is 1. The molecule has 1 heterocycles. The number of hydrogen-bond donors (Lipinski definition) is 2. The zero-order chi connectivity index (χ0) is 18.9. The number of rotatable bonds is 4. The van der Waals surface area contributed by atoms with Crippen LogP contribution in [-0.2, 0) is 14.8 Å². The highest BCUT2D eigenvalue weighted by Crippen LogP contribution is 2.25. The molecular formula is C17H16ClN3O4S. The van der Waals surface area contributed by atoms with E-state index in [4.69, 9.17) is 16.7 Å². The molecule has 0 bridgehead atoms. The maximum Gasteiger partial charge on any atom is 0.255 e. The van der Waals surface area contributed by atoms with Crippen molar-refractivity contribution in [1.82, 2.24) is 0 Å². The number of nitrogens with one attached hydrogen (secondary N) is 1. The fourth-order valence-electron chi connectivity index (χ4n) is 2.74. The molecule has 1 saturated heterocycles. The van der Waals surface area contributed by atoms with Gasteiger partial charge in [-0.3, -0.25) is 9.59 Å². The van der Waals surface area contributed by atoms with Crippen LogP contribution in [0.5, 0.6) is 0 Å². The maximum atomic E-state index is 12.4. The molecule has 0 radical (unpaired) electrons. The van der Waals surface area contributed by atoms with Crippen LogP contribution in [0.1, 0.15) is 23.2 Å². The van der Waals surface area contributed by atoms with Gasteiger partial charge in [-0.2, -0.15) is 0 Å². The van der Waals surface area contributed by atoms with E-state index in [0.29, 0.717) is 24.3 Å². The molecule has 3 N–H and O–H groups in total. The molecule has 0 atom stereocenters. The number of halogens is 1. The number of anilines is 2. The predicted molar refractivity (Wildman–Crippen MR) is 98.8 cm³/mol. The summed E-state index contributed by atoms with van der Waals surface area (Å²) in [4.78, 5) is 25.6. The van der Waals surface area contributed by atoms with Crippen molar-refractivity contribution in [2.45, 2.75) is 17.7 Å². The summed E-state index contributed by atoms with van der Waals surface area (Å²) in [6.07, 6.45) is 1.31. The Morgan fingerprint density at radius 3 is 2.62 bits per heavy atom. The first-order valence-electron chi connectivity index (χ1n) is 7.80. The number of carbonyl (C=O) groups excluding carboxylic acids is 2. The minimum absolute atomic E-state index is 0.0453. The van der Waals surface area contributed by atoms with Gasteiger partial charge in [0, 0.05) is 29.9 Å². The van der Waals surface area contributed by atoms with Gasteiger partial charge in [-0.05, 0) is 42.8 Å². The topological polar surface area (TPSA) is 110 Å². The molecule has 136 valence electrons. The smallest absolute Gasteiger partial charge is 0.255 e. The van der Waals surface area contributed by atoms with E-state index in [1.807, 2.05) is 0 Å². The molecule has 0 aromatic heterocycles. The second kappa shape index (κ2) is 7.06. The average molecular weight is 394 g/mol. The number of nitrogens with zero attached hydrogens (tertiary/aromatic N) is 1. The van der Waals surface area contributed by atoms with Gasteiger partial charge in [-0.15, -0.1) is 0 Å². The molecule has 2 aromatic rings. The second-order valence-electron chi connectivity index (χ2n) is 5.84. The standard InChI is InChI=1S/C17H16ClN3O4S/c18-14-7-6-11(9-15(14)26(19,24)25)17(23)20-12-3-1-4-13(10-12)21-8-2-5-16(21)22/h1,3-4,6-7,9-10H,2,5,8H2,(H,20,23)(H2,19,24,25). The summed E-state index contributed by atoms with van der Waals surface area (Å²) in [6.45, 7) is 0.644. The molecule has 0 saturated carbocycles. The van der Waals surface area contributed by atoms with Gasteiger partial charge >= 0.3 is 0 Å². The van der Waals surface area contributed by atoms with Gasteiger partial charge in [0.05, 0.1) is 5.02 Å². The third-order valence-electron chi connectivity index (χ3n) is 3.99. The minimum atomic E-state index is -4.04. The summed E-state index contributed by atoms with van der Waals surface area (Å²) in [7, 11) is -4.04. The van der Waals surface area contributed by atoms with Crippen molar-refractivity contribution in [1.29, 1.82) is 0 Å². The normalized spacial score (nSPS) is 14.5. The number of primary sulfonamides is 1. The Hall–Kier alpha value is -2.42. The zero-order valence-corrected chi connectivity index (χ0v) is 15.2. The van der Waals surface area contributed by atoms with E-state index in [9.17, 15) is 18.0 Å². The third kappa shape index (κ3) is 3.87. The lowest BCUT2D eigenvalue weighted by Crippen LogP contribution is -2.23. The van der Waals surface area contributed by atoms with E-state index in [2.05, 4.69) is 5.32 Å². The Labute approximate surface area is 155 Å². The third-order valence-corrected chi connectivity index (χ3v) is 5.38. The number of sulfonamides is 1. The molecule has 0 unspecified atom stereocenters. The Balaban J connectivity index is 1.84. The van der Waals surface area contributed by atoms with Crippen LogP contribution in [-0.4, -0.2) is 26.8 Å². The first-order chi connectivity index (χ1) is 12.3. The van der Waals surface area contributed by atoms with Gasteiger partial charge in [-0.25, -0.2) is 13.6 Å². The SMILES string of the molecule is NS(=O)(=O)c1cc(C(=O)Nc2cccc(N3CCCC3=O)c2)ccc1Cl. The first kappa shape index (κ1) is 18.4. The molecule has 0 spiro atoms. The minimum Gasteiger partial charge on any atom is -0.322 e.